The van der Waals surface area contributed by atoms with E-state index < -0.39 is 0 Å². The summed E-state index contributed by atoms with van der Waals surface area (Å²) in [4.78, 5) is 22.5. The van der Waals surface area contributed by atoms with Crippen molar-refractivity contribution >= 4 is 24.2 Å². The summed E-state index contributed by atoms with van der Waals surface area (Å²) in [6.07, 6.45) is 2.52. The van der Waals surface area contributed by atoms with Gasteiger partial charge in [0.15, 0.2) is 0 Å². The van der Waals surface area contributed by atoms with Crippen molar-refractivity contribution in [1.82, 2.24) is 16.0 Å². The fourth-order valence-corrected chi connectivity index (χ4v) is 1.31. The third-order valence-corrected chi connectivity index (χ3v) is 2.49. The Labute approximate surface area is 114 Å². The summed E-state index contributed by atoms with van der Waals surface area (Å²) < 4.78 is 4.79. The van der Waals surface area contributed by atoms with Gasteiger partial charge >= 0.3 is 0 Å². The number of hydrogen-bond donors (Lipinski definition) is 3. The maximum atomic E-state index is 11.3. The summed E-state index contributed by atoms with van der Waals surface area (Å²) in [7, 11) is 1.57. The first-order valence-electron chi connectivity index (χ1n) is 5.95. The normalized spacial score (nSPS) is 13.6. The largest absolute Gasteiger partial charge is 0.383 e. The molecule has 0 aromatic heterocycles. The fraction of sp³-hybridized carbons (Fsp3) is 0.818. The molecule has 0 atom stereocenters. The van der Waals surface area contributed by atoms with Crippen molar-refractivity contribution in [3.8, 4) is 0 Å². The number of amides is 2. The lowest BCUT2D eigenvalue weighted by Gasteiger charge is -2.07. The summed E-state index contributed by atoms with van der Waals surface area (Å²) in [5.41, 5.74) is 0. The highest BCUT2D eigenvalue weighted by atomic mass is 35.5. The molecule has 18 heavy (non-hydrogen) atoms. The van der Waals surface area contributed by atoms with Gasteiger partial charge in [-0.1, -0.05) is 0 Å². The molecule has 0 bridgehead atoms. The van der Waals surface area contributed by atoms with Crippen LogP contribution < -0.4 is 16.0 Å². The van der Waals surface area contributed by atoms with E-state index in [1.54, 1.807) is 7.11 Å². The van der Waals surface area contributed by atoms with Gasteiger partial charge in [-0.2, -0.15) is 0 Å². The zero-order valence-electron chi connectivity index (χ0n) is 10.7. The molecule has 0 aliphatic heterocycles. The number of rotatable bonds is 9. The highest BCUT2D eigenvalue weighted by molar-refractivity contribution is 5.85. The van der Waals surface area contributed by atoms with Gasteiger partial charge < -0.3 is 20.7 Å². The SMILES string of the molecule is COCCNC(=O)CNC(=O)CNCC1CC1.Cl. The van der Waals surface area contributed by atoms with Gasteiger partial charge in [0.2, 0.25) is 11.8 Å². The molecule has 1 saturated carbocycles. The molecule has 2 amide bonds. The van der Waals surface area contributed by atoms with Crippen molar-refractivity contribution in [3.05, 3.63) is 0 Å². The second-order valence-corrected chi connectivity index (χ2v) is 4.19. The molecule has 0 aromatic carbocycles. The standard InChI is InChI=1S/C11H21N3O3.ClH/c1-17-5-4-13-11(16)8-14-10(15)7-12-6-9-2-3-9;/h9,12H,2-8H2,1H3,(H,13,16)(H,14,15);1H. The van der Waals surface area contributed by atoms with Crippen LogP contribution in [0, 0.1) is 5.92 Å². The van der Waals surface area contributed by atoms with Crippen LogP contribution in [0.1, 0.15) is 12.8 Å². The van der Waals surface area contributed by atoms with Crippen LogP contribution in [0.4, 0.5) is 0 Å². The van der Waals surface area contributed by atoms with E-state index in [9.17, 15) is 9.59 Å². The molecule has 6 nitrogen and oxygen atoms in total. The quantitative estimate of drug-likeness (QED) is 0.487. The van der Waals surface area contributed by atoms with Crippen molar-refractivity contribution < 1.29 is 14.3 Å². The molecule has 7 heteroatoms. The van der Waals surface area contributed by atoms with Gasteiger partial charge in [-0.3, -0.25) is 9.59 Å². The summed E-state index contributed by atoms with van der Waals surface area (Å²) in [5, 5.41) is 8.23. The van der Waals surface area contributed by atoms with Crippen LogP contribution in [0.3, 0.4) is 0 Å². The number of carbonyl (C=O) groups excluding carboxylic acids is 2. The minimum absolute atomic E-state index is 0. The molecule has 106 valence electrons. The highest BCUT2D eigenvalue weighted by Gasteiger charge is 2.20. The number of methoxy groups -OCH3 is 1. The minimum Gasteiger partial charge on any atom is -0.383 e. The third kappa shape index (κ3) is 9.21. The maximum Gasteiger partial charge on any atom is 0.239 e. The Morgan fingerprint density at radius 1 is 1.17 bits per heavy atom. The molecule has 3 N–H and O–H groups in total. The number of hydrogen-bond acceptors (Lipinski definition) is 4. The Hall–Kier alpha value is -0.850. The van der Waals surface area contributed by atoms with Crippen LogP contribution in [0.25, 0.3) is 0 Å². The molecule has 0 saturated heterocycles. The molecule has 0 unspecified atom stereocenters. The van der Waals surface area contributed by atoms with Crippen molar-refractivity contribution in [1.29, 1.82) is 0 Å². The minimum atomic E-state index is -0.197. The Balaban J connectivity index is 0.00000289. The van der Waals surface area contributed by atoms with Crippen LogP contribution in [-0.2, 0) is 14.3 Å². The first kappa shape index (κ1) is 17.2. The third-order valence-electron chi connectivity index (χ3n) is 2.49. The zero-order chi connectivity index (χ0) is 12.5. The number of ether oxygens (including phenoxy) is 1. The maximum absolute atomic E-state index is 11.3. The van der Waals surface area contributed by atoms with Crippen molar-refractivity contribution in [2.24, 2.45) is 5.92 Å². The predicted octanol–water partition coefficient (Wildman–Crippen LogP) is -0.713. The first-order valence-corrected chi connectivity index (χ1v) is 5.95. The average Bonchev–Trinajstić information content (AvgIpc) is 3.11. The van der Waals surface area contributed by atoms with E-state index in [2.05, 4.69) is 16.0 Å². The van der Waals surface area contributed by atoms with Crippen molar-refractivity contribution in [2.75, 3.05) is 39.9 Å². The van der Waals surface area contributed by atoms with E-state index in [-0.39, 0.29) is 37.3 Å². The van der Waals surface area contributed by atoms with Gasteiger partial charge in [0.05, 0.1) is 19.7 Å². The van der Waals surface area contributed by atoms with Gasteiger partial charge in [-0.05, 0) is 25.3 Å². The lowest BCUT2D eigenvalue weighted by Crippen LogP contribution is -2.41. The molecule has 1 rings (SSSR count). The lowest BCUT2D eigenvalue weighted by atomic mass is 10.4. The number of nitrogens with one attached hydrogen (secondary N) is 3. The molecule has 0 aromatic rings. The Morgan fingerprint density at radius 2 is 1.83 bits per heavy atom. The van der Waals surface area contributed by atoms with Gasteiger partial charge in [-0.15, -0.1) is 12.4 Å². The van der Waals surface area contributed by atoms with Crippen LogP contribution in [0.15, 0.2) is 0 Å². The van der Waals surface area contributed by atoms with Crippen LogP contribution in [0.2, 0.25) is 0 Å². The Kier molecular flexibility index (Phi) is 9.63. The van der Waals surface area contributed by atoms with E-state index in [0.717, 1.165) is 12.5 Å². The van der Waals surface area contributed by atoms with E-state index in [1.165, 1.54) is 12.8 Å². The van der Waals surface area contributed by atoms with E-state index in [0.29, 0.717) is 13.2 Å². The summed E-state index contributed by atoms with van der Waals surface area (Å²) in [6.45, 7) is 2.14. The second-order valence-electron chi connectivity index (χ2n) is 4.19. The molecular formula is C11H22ClN3O3. The first-order chi connectivity index (χ1) is 8.22. The fourth-order valence-electron chi connectivity index (χ4n) is 1.31. The van der Waals surface area contributed by atoms with Crippen molar-refractivity contribution in [3.63, 3.8) is 0 Å². The van der Waals surface area contributed by atoms with Crippen LogP contribution in [0.5, 0.6) is 0 Å². The van der Waals surface area contributed by atoms with Gasteiger partial charge in [-0.25, -0.2) is 0 Å². The van der Waals surface area contributed by atoms with E-state index in [4.69, 9.17) is 4.74 Å². The van der Waals surface area contributed by atoms with Crippen LogP contribution >= 0.6 is 12.4 Å². The molecule has 1 fully saturated rings. The lowest BCUT2D eigenvalue weighted by molar-refractivity contribution is -0.125. The van der Waals surface area contributed by atoms with E-state index in [1.807, 2.05) is 0 Å². The number of halogens is 1. The summed E-state index contributed by atoms with van der Waals surface area (Å²) >= 11 is 0. The Morgan fingerprint density at radius 3 is 2.44 bits per heavy atom. The van der Waals surface area contributed by atoms with Gasteiger partial charge in [0.1, 0.15) is 0 Å². The predicted molar refractivity (Wildman–Crippen MR) is 70.7 cm³/mol. The molecule has 0 heterocycles. The summed E-state index contributed by atoms with van der Waals surface area (Å²) in [5.74, 6) is 0.408. The average molecular weight is 280 g/mol. The van der Waals surface area contributed by atoms with Gasteiger partial charge in [0.25, 0.3) is 0 Å². The molecule has 0 spiro atoms. The number of carbonyl (C=O) groups is 2. The second kappa shape index (κ2) is 10.1. The molecular weight excluding hydrogens is 258 g/mol. The van der Waals surface area contributed by atoms with E-state index >= 15 is 0 Å². The molecule has 1 aliphatic carbocycles. The monoisotopic (exact) mass is 279 g/mol. The highest BCUT2D eigenvalue weighted by Crippen LogP contribution is 2.27. The summed E-state index contributed by atoms with van der Waals surface area (Å²) in [6, 6.07) is 0. The topological polar surface area (TPSA) is 79.5 Å². The smallest absolute Gasteiger partial charge is 0.239 e. The molecule has 0 radical (unpaired) electrons. The molecule has 1 aliphatic rings. The van der Waals surface area contributed by atoms with Gasteiger partial charge in [0, 0.05) is 13.7 Å². The van der Waals surface area contributed by atoms with Crippen LogP contribution in [-0.4, -0.2) is 51.7 Å². The zero-order valence-corrected chi connectivity index (χ0v) is 11.5. The Bertz CT molecular complexity index is 260. The van der Waals surface area contributed by atoms with Crippen molar-refractivity contribution in [2.45, 2.75) is 12.8 Å².